The maximum absolute atomic E-state index is 12.0. The number of halogens is 1. The van der Waals surface area contributed by atoms with Crippen molar-refractivity contribution < 1.29 is 19.1 Å². The first-order chi connectivity index (χ1) is 16.5. The van der Waals surface area contributed by atoms with Crippen LogP contribution in [0.25, 0.3) is 0 Å². The maximum atomic E-state index is 12.0. The van der Waals surface area contributed by atoms with E-state index < -0.39 is 11.8 Å². The summed E-state index contributed by atoms with van der Waals surface area (Å²) in [6, 6.07) is 20.6. The second-order valence-corrected chi connectivity index (χ2v) is 7.33. The number of hydrazone groups is 1. The summed E-state index contributed by atoms with van der Waals surface area (Å²) in [7, 11) is 0. The summed E-state index contributed by atoms with van der Waals surface area (Å²) >= 11 is 5.91. The van der Waals surface area contributed by atoms with Crippen LogP contribution in [0.2, 0.25) is 5.02 Å². The van der Waals surface area contributed by atoms with Gasteiger partial charge in [-0.25, -0.2) is 5.43 Å². The van der Waals surface area contributed by atoms with Crippen molar-refractivity contribution in [3.05, 3.63) is 88.4 Å². The average Bonchev–Trinajstić information content (AvgIpc) is 2.85. The van der Waals surface area contributed by atoms with Crippen molar-refractivity contribution in [1.82, 2.24) is 5.43 Å². The predicted molar refractivity (Wildman–Crippen MR) is 129 cm³/mol. The van der Waals surface area contributed by atoms with Crippen LogP contribution in [0.3, 0.4) is 0 Å². The fourth-order valence-electron chi connectivity index (χ4n) is 2.77. The smallest absolute Gasteiger partial charge is 0.329 e. The molecule has 2 amide bonds. The van der Waals surface area contributed by atoms with E-state index in [1.165, 1.54) is 30.5 Å². The minimum atomic E-state index is -0.937. The molecule has 9 heteroatoms. The third kappa shape index (κ3) is 7.08. The zero-order chi connectivity index (χ0) is 24.3. The second-order valence-electron chi connectivity index (χ2n) is 6.90. The fraction of sp³-hybridized carbons (Fsp3) is 0.120. The summed E-state index contributed by atoms with van der Waals surface area (Å²) in [5.74, 6) is -0.749. The van der Waals surface area contributed by atoms with E-state index in [2.05, 4.69) is 15.8 Å². The van der Waals surface area contributed by atoms with Crippen molar-refractivity contribution in [2.45, 2.75) is 13.5 Å². The second kappa shape index (κ2) is 12.0. The molecular formula is C25H21ClN4O4. The molecule has 0 radical (unpaired) electrons. The Hall–Kier alpha value is -4.35. The molecule has 0 bridgehead atoms. The van der Waals surface area contributed by atoms with Gasteiger partial charge in [0.15, 0.2) is 11.5 Å². The Bertz CT molecular complexity index is 1220. The van der Waals surface area contributed by atoms with Crippen molar-refractivity contribution in [3.8, 4) is 17.6 Å². The molecule has 0 aromatic heterocycles. The number of benzene rings is 3. The highest BCUT2D eigenvalue weighted by Crippen LogP contribution is 2.29. The Morgan fingerprint density at radius 1 is 1.00 bits per heavy atom. The summed E-state index contributed by atoms with van der Waals surface area (Å²) in [6.07, 6.45) is 1.39. The molecule has 0 atom stereocenters. The SMILES string of the molecule is CCOc1cc(/C=N/NC(=O)C(=O)Nc2ccc(C#N)cc2)ccc1OCc1ccc(Cl)cc1. The van der Waals surface area contributed by atoms with Crippen LogP contribution >= 0.6 is 11.6 Å². The van der Waals surface area contributed by atoms with Crippen molar-refractivity contribution in [3.63, 3.8) is 0 Å². The standard InChI is InChI=1S/C25H21ClN4O4/c1-2-33-23-13-19(7-12-22(23)34-16-18-3-8-20(26)9-4-18)15-28-30-25(32)24(31)29-21-10-5-17(14-27)6-11-21/h3-13,15H,2,16H2,1H3,(H,29,31)(H,30,32)/b28-15+. The molecule has 0 saturated carbocycles. The number of anilines is 1. The highest BCUT2D eigenvalue weighted by atomic mass is 35.5. The van der Waals surface area contributed by atoms with Gasteiger partial charge in [-0.15, -0.1) is 0 Å². The van der Waals surface area contributed by atoms with Crippen molar-refractivity contribution in [2.75, 3.05) is 11.9 Å². The number of hydrogen-bond donors (Lipinski definition) is 2. The van der Waals surface area contributed by atoms with E-state index in [0.29, 0.717) is 46.5 Å². The molecule has 0 saturated heterocycles. The molecule has 2 N–H and O–H groups in total. The third-order valence-corrected chi connectivity index (χ3v) is 4.68. The monoisotopic (exact) mass is 476 g/mol. The number of amides is 2. The average molecular weight is 477 g/mol. The minimum absolute atomic E-state index is 0.342. The van der Waals surface area contributed by atoms with Gasteiger partial charge in [-0.3, -0.25) is 9.59 Å². The normalized spacial score (nSPS) is 10.4. The Kier molecular flexibility index (Phi) is 8.60. The Labute approximate surface area is 201 Å². The highest BCUT2D eigenvalue weighted by Gasteiger charge is 2.13. The van der Waals surface area contributed by atoms with Crippen LogP contribution in [0.15, 0.2) is 71.8 Å². The van der Waals surface area contributed by atoms with Gasteiger partial charge in [-0.2, -0.15) is 10.4 Å². The van der Waals surface area contributed by atoms with Crippen LogP contribution in [0.4, 0.5) is 5.69 Å². The van der Waals surface area contributed by atoms with Crippen LogP contribution in [-0.4, -0.2) is 24.6 Å². The molecule has 3 rings (SSSR count). The van der Waals surface area contributed by atoms with Crippen molar-refractivity contribution in [1.29, 1.82) is 5.26 Å². The number of rotatable bonds is 8. The van der Waals surface area contributed by atoms with Gasteiger partial charge in [0.25, 0.3) is 0 Å². The van der Waals surface area contributed by atoms with E-state index >= 15 is 0 Å². The van der Waals surface area contributed by atoms with Gasteiger partial charge in [-0.05, 0) is 72.6 Å². The lowest BCUT2D eigenvalue weighted by Crippen LogP contribution is -2.32. The van der Waals surface area contributed by atoms with Crippen molar-refractivity contribution in [2.24, 2.45) is 5.10 Å². The van der Waals surface area contributed by atoms with Gasteiger partial charge in [0.1, 0.15) is 6.61 Å². The number of ether oxygens (including phenoxy) is 2. The highest BCUT2D eigenvalue weighted by molar-refractivity contribution is 6.39. The molecule has 3 aromatic rings. The molecule has 8 nitrogen and oxygen atoms in total. The predicted octanol–water partition coefficient (Wildman–Crippen LogP) is 4.28. The Balaban J connectivity index is 1.58. The lowest BCUT2D eigenvalue weighted by atomic mass is 10.2. The van der Waals surface area contributed by atoms with Crippen LogP contribution in [0.1, 0.15) is 23.6 Å². The molecule has 34 heavy (non-hydrogen) atoms. The summed E-state index contributed by atoms with van der Waals surface area (Å²) in [6.45, 7) is 2.63. The molecule has 0 spiro atoms. The summed E-state index contributed by atoms with van der Waals surface area (Å²) < 4.78 is 11.5. The van der Waals surface area contributed by atoms with E-state index in [0.717, 1.165) is 5.56 Å². The first-order valence-electron chi connectivity index (χ1n) is 10.3. The number of nitrogens with zero attached hydrogens (tertiary/aromatic N) is 2. The molecule has 0 heterocycles. The molecule has 3 aromatic carbocycles. The number of carbonyl (C=O) groups is 2. The molecule has 0 fully saturated rings. The minimum Gasteiger partial charge on any atom is -0.490 e. The van der Waals surface area contributed by atoms with Crippen LogP contribution < -0.4 is 20.2 Å². The number of carbonyl (C=O) groups excluding carboxylic acids is 2. The largest absolute Gasteiger partial charge is 0.490 e. The molecular weight excluding hydrogens is 456 g/mol. The summed E-state index contributed by atoms with van der Waals surface area (Å²) in [4.78, 5) is 24.0. The summed E-state index contributed by atoms with van der Waals surface area (Å²) in [5, 5.41) is 15.7. The van der Waals surface area contributed by atoms with Gasteiger partial charge in [0.2, 0.25) is 0 Å². The van der Waals surface area contributed by atoms with Gasteiger partial charge in [0, 0.05) is 10.7 Å². The fourth-order valence-corrected chi connectivity index (χ4v) is 2.89. The first-order valence-corrected chi connectivity index (χ1v) is 10.6. The topological polar surface area (TPSA) is 113 Å². The molecule has 0 aliphatic rings. The quantitative estimate of drug-likeness (QED) is 0.286. The number of hydrogen-bond acceptors (Lipinski definition) is 6. The first kappa shape index (κ1) is 24.3. The lowest BCUT2D eigenvalue weighted by molar-refractivity contribution is -0.136. The van der Waals surface area contributed by atoms with E-state index in [9.17, 15) is 9.59 Å². The summed E-state index contributed by atoms with van der Waals surface area (Å²) in [5.41, 5.74) is 4.60. The molecule has 0 aliphatic heterocycles. The molecule has 172 valence electrons. The molecule has 0 unspecified atom stereocenters. The molecule has 0 aliphatic carbocycles. The zero-order valence-corrected chi connectivity index (χ0v) is 19.0. The van der Waals surface area contributed by atoms with Crippen LogP contribution in [-0.2, 0) is 16.2 Å². The van der Waals surface area contributed by atoms with Gasteiger partial charge in [-0.1, -0.05) is 23.7 Å². The number of nitrogens with one attached hydrogen (secondary N) is 2. The Morgan fingerprint density at radius 2 is 1.74 bits per heavy atom. The number of nitriles is 1. The third-order valence-electron chi connectivity index (χ3n) is 4.43. The lowest BCUT2D eigenvalue weighted by Gasteiger charge is -2.12. The maximum Gasteiger partial charge on any atom is 0.329 e. The van der Waals surface area contributed by atoms with E-state index in [1.54, 1.807) is 30.3 Å². The van der Waals surface area contributed by atoms with E-state index in [-0.39, 0.29) is 0 Å². The van der Waals surface area contributed by atoms with Gasteiger partial charge >= 0.3 is 11.8 Å². The van der Waals surface area contributed by atoms with E-state index in [1.807, 2.05) is 25.1 Å². The Morgan fingerprint density at radius 3 is 2.41 bits per heavy atom. The zero-order valence-electron chi connectivity index (χ0n) is 18.2. The van der Waals surface area contributed by atoms with E-state index in [4.69, 9.17) is 26.3 Å². The van der Waals surface area contributed by atoms with Crippen LogP contribution in [0.5, 0.6) is 11.5 Å². The van der Waals surface area contributed by atoms with Gasteiger partial charge in [0.05, 0.1) is 24.5 Å². The van der Waals surface area contributed by atoms with Crippen LogP contribution in [0, 0.1) is 11.3 Å². The van der Waals surface area contributed by atoms with Gasteiger partial charge < -0.3 is 14.8 Å². The van der Waals surface area contributed by atoms with Crippen molar-refractivity contribution >= 4 is 35.3 Å².